The molecule has 0 bridgehead atoms. The first-order valence-corrected chi connectivity index (χ1v) is 4.19. The fourth-order valence-corrected chi connectivity index (χ4v) is 0.996. The largest absolute Gasteiger partial charge is 1.00 e. The smallest absolute Gasteiger partial charge is 0.244 e. The lowest BCUT2D eigenvalue weighted by atomic mass is 10.4. The van der Waals surface area contributed by atoms with Crippen molar-refractivity contribution < 1.29 is 21.5 Å². The van der Waals surface area contributed by atoms with E-state index < -0.39 is 0 Å². The van der Waals surface area contributed by atoms with Crippen LogP contribution in [0.2, 0.25) is 0 Å². The first-order chi connectivity index (χ1) is 5.11. The topological polar surface area (TPSA) is 8.81 Å². The summed E-state index contributed by atoms with van der Waals surface area (Å²) in [4.78, 5) is 0. The molecule has 0 atom stereocenters. The highest BCUT2D eigenvalue weighted by atomic mass is 79.9. The molecule has 12 heavy (non-hydrogen) atoms. The first kappa shape index (κ1) is 11.7. The molecule has 0 spiro atoms. The summed E-state index contributed by atoms with van der Waals surface area (Å²) in [6.07, 6.45) is 6.38. The summed E-state index contributed by atoms with van der Waals surface area (Å²) < 4.78 is 4.42. The van der Waals surface area contributed by atoms with Gasteiger partial charge in [-0.3, -0.25) is 0 Å². The fourth-order valence-electron chi connectivity index (χ4n) is 0.996. The van der Waals surface area contributed by atoms with E-state index in [2.05, 4.69) is 55.6 Å². The Bertz CT molecular complexity index is 206. The van der Waals surface area contributed by atoms with Crippen molar-refractivity contribution in [3.8, 4) is 0 Å². The van der Waals surface area contributed by atoms with E-state index in [4.69, 9.17) is 0 Å². The van der Waals surface area contributed by atoms with Crippen LogP contribution >= 0.6 is 0 Å². The first-order valence-electron chi connectivity index (χ1n) is 4.19. The molecular weight excluding hydrogens is 216 g/mol. The zero-order valence-corrected chi connectivity index (χ0v) is 9.75. The lowest BCUT2D eigenvalue weighted by Gasteiger charge is -1.99. The molecule has 0 radical (unpaired) electrons. The van der Waals surface area contributed by atoms with Gasteiger partial charge in [0, 0.05) is 0 Å². The summed E-state index contributed by atoms with van der Waals surface area (Å²) in [6.45, 7) is 8.74. The molecule has 1 aromatic heterocycles. The van der Waals surface area contributed by atoms with Gasteiger partial charge in [0.2, 0.25) is 6.33 Å². The minimum atomic E-state index is 0. The summed E-state index contributed by atoms with van der Waals surface area (Å²) in [5.74, 6) is 0. The van der Waals surface area contributed by atoms with Gasteiger partial charge >= 0.3 is 0 Å². The number of hydrogen-bond acceptors (Lipinski definition) is 0. The molecule has 0 N–H and O–H groups in total. The Morgan fingerprint density at radius 3 is 2.00 bits per heavy atom. The van der Waals surface area contributed by atoms with Crippen molar-refractivity contribution in [3.63, 3.8) is 0 Å². The standard InChI is InChI=1S/C9H17N2.BrH/c1-8(2)10-5-6-11(7-10)9(3)4;/h5-9H,1-4H3;1H/q+1;/p-1. The molecule has 0 saturated carbocycles. The van der Waals surface area contributed by atoms with Crippen LogP contribution in [0.3, 0.4) is 0 Å². The van der Waals surface area contributed by atoms with Crippen molar-refractivity contribution in [3.05, 3.63) is 18.7 Å². The third-order valence-electron chi connectivity index (χ3n) is 1.87. The van der Waals surface area contributed by atoms with Gasteiger partial charge in [-0.05, 0) is 27.7 Å². The third kappa shape index (κ3) is 2.63. The van der Waals surface area contributed by atoms with Crippen molar-refractivity contribution >= 4 is 0 Å². The average Bonchev–Trinajstić information content (AvgIpc) is 2.33. The Morgan fingerprint density at radius 2 is 1.75 bits per heavy atom. The van der Waals surface area contributed by atoms with Crippen molar-refractivity contribution in [2.24, 2.45) is 0 Å². The lowest BCUT2D eigenvalue weighted by molar-refractivity contribution is -0.715. The van der Waals surface area contributed by atoms with E-state index in [1.165, 1.54) is 0 Å². The molecule has 3 heteroatoms. The predicted octanol–water partition coefficient (Wildman–Crippen LogP) is -1.06. The summed E-state index contributed by atoms with van der Waals surface area (Å²) in [5.41, 5.74) is 0. The van der Waals surface area contributed by atoms with Gasteiger partial charge in [-0.15, -0.1) is 0 Å². The summed E-state index contributed by atoms with van der Waals surface area (Å²) in [5, 5.41) is 0. The van der Waals surface area contributed by atoms with Crippen LogP contribution in [0.1, 0.15) is 39.8 Å². The predicted molar refractivity (Wildman–Crippen MR) is 45.4 cm³/mol. The van der Waals surface area contributed by atoms with Crippen molar-refractivity contribution in [1.82, 2.24) is 4.57 Å². The monoisotopic (exact) mass is 232 g/mol. The fraction of sp³-hybridized carbons (Fsp3) is 0.667. The lowest BCUT2D eigenvalue weighted by Crippen LogP contribution is -3.00. The molecule has 0 amide bonds. The maximum atomic E-state index is 2.21. The number of aromatic nitrogens is 2. The Labute approximate surface area is 85.0 Å². The van der Waals surface area contributed by atoms with E-state index in [0.717, 1.165) is 0 Å². The normalized spacial score (nSPS) is 10.5. The van der Waals surface area contributed by atoms with Crippen molar-refractivity contribution in [2.45, 2.75) is 39.8 Å². The van der Waals surface area contributed by atoms with Gasteiger partial charge < -0.3 is 17.0 Å². The number of halogens is 1. The van der Waals surface area contributed by atoms with E-state index in [1.807, 2.05) is 0 Å². The van der Waals surface area contributed by atoms with E-state index in [9.17, 15) is 0 Å². The SMILES string of the molecule is CC(C)n1cc[n+](C(C)C)c1.[Br-]. The van der Waals surface area contributed by atoms with Crippen LogP contribution in [-0.4, -0.2) is 4.57 Å². The quantitative estimate of drug-likeness (QED) is 0.576. The van der Waals surface area contributed by atoms with Gasteiger partial charge in [0.1, 0.15) is 12.4 Å². The van der Waals surface area contributed by atoms with Gasteiger partial charge in [-0.1, -0.05) is 0 Å². The number of nitrogens with zero attached hydrogens (tertiary/aromatic N) is 2. The molecule has 1 heterocycles. The summed E-state index contributed by atoms with van der Waals surface area (Å²) in [7, 11) is 0. The molecule has 0 fully saturated rings. The van der Waals surface area contributed by atoms with Crippen LogP contribution in [0.5, 0.6) is 0 Å². The summed E-state index contributed by atoms with van der Waals surface area (Å²) in [6, 6.07) is 1.13. The second kappa shape index (κ2) is 4.65. The van der Waals surface area contributed by atoms with E-state index >= 15 is 0 Å². The molecule has 0 unspecified atom stereocenters. The van der Waals surface area contributed by atoms with E-state index in [-0.39, 0.29) is 17.0 Å². The minimum absolute atomic E-state index is 0. The number of hydrogen-bond donors (Lipinski definition) is 0. The van der Waals surface area contributed by atoms with Crippen LogP contribution in [0, 0.1) is 0 Å². The van der Waals surface area contributed by atoms with Crippen molar-refractivity contribution in [2.75, 3.05) is 0 Å². The molecule has 2 nitrogen and oxygen atoms in total. The second-order valence-corrected chi connectivity index (χ2v) is 3.50. The van der Waals surface area contributed by atoms with Gasteiger partial charge in [0.15, 0.2) is 0 Å². The van der Waals surface area contributed by atoms with Gasteiger partial charge in [0.25, 0.3) is 0 Å². The van der Waals surface area contributed by atoms with Crippen LogP contribution in [-0.2, 0) is 0 Å². The molecule has 0 aliphatic carbocycles. The Hall–Kier alpha value is -0.310. The highest BCUT2D eigenvalue weighted by Crippen LogP contribution is 2.01. The van der Waals surface area contributed by atoms with E-state index in [0.29, 0.717) is 12.1 Å². The highest BCUT2D eigenvalue weighted by Gasteiger charge is 2.08. The van der Waals surface area contributed by atoms with Crippen LogP contribution in [0.15, 0.2) is 18.7 Å². The zero-order chi connectivity index (χ0) is 8.43. The highest BCUT2D eigenvalue weighted by molar-refractivity contribution is 4.70. The Balaban J connectivity index is 0.00000121. The molecule has 0 saturated heterocycles. The van der Waals surface area contributed by atoms with Gasteiger partial charge in [0.05, 0.1) is 12.1 Å². The minimum Gasteiger partial charge on any atom is -1.00 e. The molecule has 0 aliphatic heterocycles. The van der Waals surface area contributed by atoms with Crippen LogP contribution in [0.4, 0.5) is 0 Å². The molecule has 1 rings (SSSR count). The average molecular weight is 233 g/mol. The molecular formula is C9H17BrN2. The number of imidazole rings is 1. The summed E-state index contributed by atoms with van der Waals surface area (Å²) >= 11 is 0. The number of rotatable bonds is 2. The van der Waals surface area contributed by atoms with Crippen LogP contribution < -0.4 is 21.5 Å². The molecule has 70 valence electrons. The Kier molecular flexibility index (Phi) is 4.53. The molecule has 0 aromatic carbocycles. The van der Waals surface area contributed by atoms with Gasteiger partial charge in [-0.2, -0.15) is 0 Å². The zero-order valence-electron chi connectivity index (χ0n) is 8.16. The maximum Gasteiger partial charge on any atom is 0.244 e. The maximum absolute atomic E-state index is 2.21. The molecule has 1 aromatic rings. The third-order valence-corrected chi connectivity index (χ3v) is 1.87. The van der Waals surface area contributed by atoms with Crippen LogP contribution in [0.25, 0.3) is 0 Å². The second-order valence-electron chi connectivity index (χ2n) is 3.50. The van der Waals surface area contributed by atoms with Gasteiger partial charge in [-0.25, -0.2) is 9.13 Å². The Morgan fingerprint density at radius 1 is 1.17 bits per heavy atom. The van der Waals surface area contributed by atoms with Crippen molar-refractivity contribution in [1.29, 1.82) is 0 Å². The molecule has 0 aliphatic rings. The van der Waals surface area contributed by atoms with E-state index in [1.54, 1.807) is 0 Å².